The van der Waals surface area contributed by atoms with Gasteiger partial charge in [0.25, 0.3) is 0 Å². The minimum absolute atomic E-state index is 0.102. The second-order valence-electron chi connectivity index (χ2n) is 3.18. The second kappa shape index (κ2) is 4.83. The van der Waals surface area contributed by atoms with E-state index in [2.05, 4.69) is 5.10 Å². The van der Waals surface area contributed by atoms with E-state index in [0.29, 0.717) is 0 Å². The summed E-state index contributed by atoms with van der Waals surface area (Å²) >= 11 is 0. The summed E-state index contributed by atoms with van der Waals surface area (Å²) in [6, 6.07) is 1.65. The van der Waals surface area contributed by atoms with E-state index in [1.807, 2.05) is 0 Å². The van der Waals surface area contributed by atoms with Gasteiger partial charge in [-0.25, -0.2) is 0 Å². The van der Waals surface area contributed by atoms with E-state index in [4.69, 9.17) is 5.26 Å². The van der Waals surface area contributed by atoms with Gasteiger partial charge in [0, 0.05) is 7.05 Å². The summed E-state index contributed by atoms with van der Waals surface area (Å²) in [4.78, 5) is 0. The van der Waals surface area contributed by atoms with Crippen molar-refractivity contribution < 1.29 is 21.6 Å². The zero-order valence-electron chi connectivity index (χ0n) is 8.98. The monoisotopic (exact) mass is 283 g/mol. The summed E-state index contributed by atoms with van der Waals surface area (Å²) in [7, 11) is -3.09. The van der Waals surface area contributed by atoms with Gasteiger partial charge >= 0.3 is 16.4 Å². The van der Waals surface area contributed by atoms with Crippen molar-refractivity contribution in [1.82, 2.24) is 14.5 Å². The number of anilines is 1. The van der Waals surface area contributed by atoms with E-state index in [1.165, 1.54) is 11.8 Å². The molecule has 0 saturated carbocycles. The minimum Gasteiger partial charge on any atom is -0.254 e. The van der Waals surface area contributed by atoms with E-state index in [1.54, 1.807) is 10.8 Å². The van der Waals surface area contributed by atoms with Gasteiger partial charge in [-0.3, -0.25) is 9.40 Å². The lowest BCUT2D eigenvalue weighted by Gasteiger charge is -2.11. The molecule has 0 saturated heterocycles. The first-order valence-electron chi connectivity index (χ1n) is 4.41. The third-order valence-corrected chi connectivity index (χ3v) is 2.74. The number of hydrogen-bond donors (Lipinski definition) is 2. The molecule has 0 spiro atoms. The van der Waals surface area contributed by atoms with Gasteiger partial charge in [0.05, 0.1) is 6.20 Å². The van der Waals surface area contributed by atoms with Gasteiger partial charge in [-0.1, -0.05) is 0 Å². The molecule has 0 fully saturated rings. The molecule has 11 heteroatoms. The topological polar surface area (TPSA) is 99.8 Å². The SMILES string of the molecule is Cn1ncc(C#N)c1NS(=O)(=O)NCC(F)(F)F. The van der Waals surface area contributed by atoms with Crippen LogP contribution >= 0.6 is 0 Å². The Balaban J connectivity index is 2.84. The van der Waals surface area contributed by atoms with E-state index < -0.39 is 22.9 Å². The highest BCUT2D eigenvalue weighted by atomic mass is 32.2. The fourth-order valence-electron chi connectivity index (χ4n) is 0.981. The largest absolute Gasteiger partial charge is 0.402 e. The molecule has 100 valence electrons. The average Bonchev–Trinajstić information content (AvgIpc) is 2.56. The molecule has 0 aliphatic heterocycles. The van der Waals surface area contributed by atoms with Gasteiger partial charge in [-0.2, -0.15) is 36.7 Å². The van der Waals surface area contributed by atoms with E-state index in [-0.39, 0.29) is 11.4 Å². The first kappa shape index (κ1) is 14.3. The minimum atomic E-state index is -4.67. The maximum absolute atomic E-state index is 11.9. The highest BCUT2D eigenvalue weighted by molar-refractivity contribution is 7.90. The van der Waals surface area contributed by atoms with Crippen molar-refractivity contribution in [2.45, 2.75) is 6.18 Å². The van der Waals surface area contributed by atoms with Crippen LogP contribution in [0, 0.1) is 11.3 Å². The molecule has 0 atom stereocenters. The van der Waals surface area contributed by atoms with Gasteiger partial charge in [0.2, 0.25) is 0 Å². The van der Waals surface area contributed by atoms with Crippen molar-refractivity contribution in [3.05, 3.63) is 11.8 Å². The standard InChI is InChI=1S/C7H8F3N5O2S/c1-15-6(5(2-11)3-12-15)14-18(16,17)13-4-7(8,9)10/h3,13-14H,4H2,1H3. The average molecular weight is 283 g/mol. The zero-order chi connectivity index (χ0) is 14.0. The summed E-state index contributed by atoms with van der Waals surface area (Å²) in [5.41, 5.74) is -0.102. The van der Waals surface area contributed by atoms with Crippen LogP contribution in [0.3, 0.4) is 0 Å². The van der Waals surface area contributed by atoms with Crippen LogP contribution in [-0.4, -0.2) is 30.9 Å². The molecular weight excluding hydrogens is 275 g/mol. The van der Waals surface area contributed by atoms with E-state index >= 15 is 0 Å². The molecule has 0 bridgehead atoms. The van der Waals surface area contributed by atoms with Crippen molar-refractivity contribution in [2.24, 2.45) is 7.05 Å². The highest BCUT2D eigenvalue weighted by Gasteiger charge is 2.30. The lowest BCUT2D eigenvalue weighted by Crippen LogP contribution is -2.37. The predicted molar refractivity (Wildman–Crippen MR) is 54.5 cm³/mol. The van der Waals surface area contributed by atoms with E-state index in [0.717, 1.165) is 10.9 Å². The number of nitriles is 1. The molecule has 18 heavy (non-hydrogen) atoms. The number of aryl methyl sites for hydroxylation is 1. The number of nitrogens with zero attached hydrogens (tertiary/aromatic N) is 3. The molecule has 0 aliphatic rings. The fourth-order valence-corrected chi connectivity index (χ4v) is 1.90. The Morgan fingerprint density at radius 2 is 2.17 bits per heavy atom. The quantitative estimate of drug-likeness (QED) is 0.818. The molecule has 0 aromatic carbocycles. The smallest absolute Gasteiger partial charge is 0.254 e. The Morgan fingerprint density at radius 1 is 1.56 bits per heavy atom. The van der Waals surface area contributed by atoms with Crippen LogP contribution in [0.1, 0.15) is 5.56 Å². The Bertz CT molecular complexity index is 571. The van der Waals surface area contributed by atoms with Gasteiger partial charge in [-0.15, -0.1) is 0 Å². The van der Waals surface area contributed by atoms with Crippen LogP contribution < -0.4 is 9.44 Å². The molecule has 1 heterocycles. The molecule has 0 amide bonds. The molecule has 1 aromatic rings. The van der Waals surface area contributed by atoms with Crippen LogP contribution in [0.15, 0.2) is 6.20 Å². The number of rotatable bonds is 4. The first-order chi connectivity index (χ1) is 8.14. The van der Waals surface area contributed by atoms with Gasteiger partial charge in [-0.05, 0) is 0 Å². The Labute approximate surface area is 100 Å². The number of nitrogens with one attached hydrogen (secondary N) is 2. The number of hydrogen-bond acceptors (Lipinski definition) is 4. The Morgan fingerprint density at radius 3 is 2.67 bits per heavy atom. The van der Waals surface area contributed by atoms with Crippen LogP contribution in [0.4, 0.5) is 19.0 Å². The maximum atomic E-state index is 11.9. The molecule has 7 nitrogen and oxygen atoms in total. The van der Waals surface area contributed by atoms with Gasteiger partial charge < -0.3 is 0 Å². The van der Waals surface area contributed by atoms with Crippen molar-refractivity contribution in [3.8, 4) is 6.07 Å². The third kappa shape index (κ3) is 3.90. The molecule has 0 unspecified atom stereocenters. The summed E-state index contributed by atoms with van der Waals surface area (Å²) in [6.07, 6.45) is -3.58. The lowest BCUT2D eigenvalue weighted by molar-refractivity contribution is -0.121. The predicted octanol–water partition coefficient (Wildman–Crippen LogP) is 0.100. The Kier molecular flexibility index (Phi) is 3.82. The molecule has 1 rings (SSSR count). The molecule has 0 radical (unpaired) electrons. The molecular formula is C7H8F3N5O2S. The van der Waals surface area contributed by atoms with Crippen molar-refractivity contribution in [1.29, 1.82) is 5.26 Å². The van der Waals surface area contributed by atoms with Crippen molar-refractivity contribution in [2.75, 3.05) is 11.3 Å². The van der Waals surface area contributed by atoms with Crippen molar-refractivity contribution >= 4 is 16.0 Å². The summed E-state index contributed by atoms with van der Waals surface area (Å²) in [6.45, 7) is -1.71. The highest BCUT2D eigenvalue weighted by Crippen LogP contribution is 2.15. The first-order valence-corrected chi connectivity index (χ1v) is 5.89. The number of alkyl halides is 3. The van der Waals surface area contributed by atoms with Gasteiger partial charge in [0.15, 0.2) is 5.82 Å². The van der Waals surface area contributed by atoms with Gasteiger partial charge in [0.1, 0.15) is 18.2 Å². The summed E-state index contributed by atoms with van der Waals surface area (Å²) in [5.74, 6) is -0.216. The lowest BCUT2D eigenvalue weighted by atomic mass is 10.4. The van der Waals surface area contributed by atoms with Crippen LogP contribution in [0.5, 0.6) is 0 Å². The molecule has 0 aliphatic carbocycles. The van der Waals surface area contributed by atoms with E-state index in [9.17, 15) is 21.6 Å². The fraction of sp³-hybridized carbons (Fsp3) is 0.429. The third-order valence-electron chi connectivity index (χ3n) is 1.75. The van der Waals surface area contributed by atoms with Crippen LogP contribution in [-0.2, 0) is 17.3 Å². The summed E-state index contributed by atoms with van der Waals surface area (Å²) < 4.78 is 62.3. The Hall–Kier alpha value is -1.80. The molecule has 1 aromatic heterocycles. The summed E-state index contributed by atoms with van der Waals surface area (Å²) in [5, 5.41) is 12.2. The zero-order valence-corrected chi connectivity index (χ0v) is 9.80. The normalized spacial score (nSPS) is 12.2. The van der Waals surface area contributed by atoms with Crippen LogP contribution in [0.25, 0.3) is 0 Å². The van der Waals surface area contributed by atoms with Crippen molar-refractivity contribution in [3.63, 3.8) is 0 Å². The second-order valence-corrected chi connectivity index (χ2v) is 4.68. The van der Waals surface area contributed by atoms with Crippen LogP contribution in [0.2, 0.25) is 0 Å². The number of aromatic nitrogens is 2. The maximum Gasteiger partial charge on any atom is 0.402 e. The molecule has 2 N–H and O–H groups in total. The number of halogens is 3.